The Morgan fingerprint density at radius 3 is 2.27 bits per heavy atom. The van der Waals surface area contributed by atoms with Gasteiger partial charge in [0.15, 0.2) is 0 Å². The number of nitrogens with zero attached hydrogens (tertiary/aromatic N) is 2. The van der Waals surface area contributed by atoms with E-state index >= 15 is 0 Å². The number of carbonyl (C=O) groups is 5. The minimum absolute atomic E-state index is 0.00391. The average Bonchev–Trinajstić information content (AvgIpc) is 3.86. The van der Waals surface area contributed by atoms with E-state index in [0.29, 0.717) is 33.7 Å². The van der Waals surface area contributed by atoms with Crippen molar-refractivity contribution in [2.24, 2.45) is 5.92 Å². The lowest BCUT2D eigenvalue weighted by atomic mass is 10.1. The predicted octanol–water partition coefficient (Wildman–Crippen LogP) is 4.56. The highest BCUT2D eigenvalue weighted by Gasteiger charge is 2.61. The summed E-state index contributed by atoms with van der Waals surface area (Å²) in [4.78, 5) is 73.9. The molecular weight excluding hydrogens is 852 g/mol. The standard InChI is InChI=1S/C45H43ClN6O10S/c1-3-29-24-45(29,43(56)51-63(59,60)32-17-11-6-12-18-32)50-40(53)37-22-31(62-38-23-34(27-13-7-4-8-14-27)48-35-21-30(61-2)19-20-33(35)38)26-52(37)42(55)36(49-44(57)58)25-47-41(54)39(46)28-15-9-5-10-16-28/h3-21,23,29,31,36-37,39,49H,1,22,24-26H2,2H3,(H,47,54)(H,50,53)(H,51,56)(H,57,58)/t29-,31-,36+,37+,39?,45-/m1/s1. The van der Waals surface area contributed by atoms with Gasteiger partial charge >= 0.3 is 6.09 Å². The number of hydrogen-bond acceptors (Lipinski definition) is 10. The van der Waals surface area contributed by atoms with Crippen LogP contribution in [0, 0.1) is 5.92 Å². The summed E-state index contributed by atoms with van der Waals surface area (Å²) in [5.41, 5.74) is 0.583. The monoisotopic (exact) mass is 894 g/mol. The highest BCUT2D eigenvalue weighted by atomic mass is 35.5. The zero-order chi connectivity index (χ0) is 44.9. The fourth-order valence-electron chi connectivity index (χ4n) is 7.54. The molecule has 5 N–H and O–H groups in total. The number of amides is 5. The van der Waals surface area contributed by atoms with Crippen LogP contribution in [0.25, 0.3) is 22.2 Å². The Labute approximate surface area is 367 Å². The van der Waals surface area contributed by atoms with Crippen molar-refractivity contribution in [3.8, 4) is 22.8 Å². The van der Waals surface area contributed by atoms with E-state index in [0.717, 1.165) is 10.5 Å². The van der Waals surface area contributed by atoms with Crippen LogP contribution >= 0.6 is 11.6 Å². The van der Waals surface area contributed by atoms with Gasteiger partial charge in [-0.15, -0.1) is 18.2 Å². The van der Waals surface area contributed by atoms with Gasteiger partial charge in [0.2, 0.25) is 17.7 Å². The second-order valence-electron chi connectivity index (χ2n) is 15.0. The second kappa shape index (κ2) is 18.6. The Hall–Kier alpha value is -6.98. The van der Waals surface area contributed by atoms with Gasteiger partial charge in [0.1, 0.15) is 40.6 Å². The molecule has 1 aliphatic carbocycles. The molecule has 0 spiro atoms. The van der Waals surface area contributed by atoms with Crippen LogP contribution in [0.15, 0.2) is 133 Å². The van der Waals surface area contributed by atoms with Crippen LogP contribution in [0.1, 0.15) is 23.8 Å². The molecule has 1 aromatic heterocycles. The van der Waals surface area contributed by atoms with Crippen molar-refractivity contribution in [3.05, 3.63) is 133 Å². The first kappa shape index (κ1) is 44.1. The molecule has 2 heterocycles. The van der Waals surface area contributed by atoms with Gasteiger partial charge in [0.25, 0.3) is 15.9 Å². The number of methoxy groups -OCH3 is 1. The summed E-state index contributed by atoms with van der Waals surface area (Å²) in [6.45, 7) is 2.96. The molecule has 7 rings (SSSR count). The van der Waals surface area contributed by atoms with Crippen molar-refractivity contribution < 1.29 is 47.0 Å². The summed E-state index contributed by atoms with van der Waals surface area (Å²) in [6.07, 6.45) is -1.22. The number of alkyl halides is 1. The van der Waals surface area contributed by atoms with Crippen molar-refractivity contribution in [1.82, 2.24) is 30.6 Å². The first-order chi connectivity index (χ1) is 30.2. The molecule has 5 aromatic rings. The van der Waals surface area contributed by atoms with Crippen LogP contribution < -0.4 is 30.1 Å². The topological polar surface area (TPSA) is 222 Å². The molecule has 2 aliphatic rings. The quantitative estimate of drug-likeness (QED) is 0.0683. The summed E-state index contributed by atoms with van der Waals surface area (Å²) in [7, 11) is -2.83. The molecule has 16 nitrogen and oxygen atoms in total. The summed E-state index contributed by atoms with van der Waals surface area (Å²) in [5, 5.41) is 16.6. The summed E-state index contributed by atoms with van der Waals surface area (Å²) in [6, 6.07) is 28.9. The number of nitrogens with one attached hydrogen (secondary N) is 4. The van der Waals surface area contributed by atoms with Crippen LogP contribution in [0.3, 0.4) is 0 Å². The number of carbonyl (C=O) groups excluding carboxylic acids is 4. The van der Waals surface area contributed by atoms with Gasteiger partial charge in [-0.1, -0.05) is 84.9 Å². The number of benzene rings is 4. The molecule has 4 aromatic carbocycles. The molecule has 2 fully saturated rings. The zero-order valence-corrected chi connectivity index (χ0v) is 35.3. The highest BCUT2D eigenvalue weighted by molar-refractivity contribution is 7.90. The number of pyridine rings is 1. The molecule has 18 heteroatoms. The number of aromatic nitrogens is 1. The number of sulfonamides is 1. The van der Waals surface area contributed by atoms with Crippen LogP contribution in [0.4, 0.5) is 4.79 Å². The highest BCUT2D eigenvalue weighted by Crippen LogP contribution is 2.45. The molecule has 63 heavy (non-hydrogen) atoms. The van der Waals surface area contributed by atoms with E-state index in [1.165, 1.54) is 37.5 Å². The maximum absolute atomic E-state index is 14.5. The smallest absolute Gasteiger partial charge is 0.405 e. The molecular formula is C45H43ClN6O10S. The van der Waals surface area contributed by atoms with Crippen molar-refractivity contribution in [1.29, 1.82) is 0 Å². The molecule has 1 unspecified atom stereocenters. The van der Waals surface area contributed by atoms with E-state index in [1.807, 2.05) is 30.3 Å². The van der Waals surface area contributed by atoms with E-state index in [4.69, 9.17) is 26.1 Å². The van der Waals surface area contributed by atoms with E-state index < -0.39 is 81.3 Å². The van der Waals surface area contributed by atoms with Crippen molar-refractivity contribution >= 4 is 62.2 Å². The molecule has 6 atom stereocenters. The Morgan fingerprint density at radius 1 is 0.968 bits per heavy atom. The largest absolute Gasteiger partial charge is 0.497 e. The lowest BCUT2D eigenvalue weighted by Gasteiger charge is -2.29. The first-order valence-corrected chi connectivity index (χ1v) is 21.7. The van der Waals surface area contributed by atoms with Gasteiger partial charge in [-0.05, 0) is 36.2 Å². The van der Waals surface area contributed by atoms with Gasteiger partial charge in [-0.2, -0.15) is 0 Å². The Bertz CT molecular complexity index is 2660. The number of likely N-dealkylation sites (tertiary alicyclic amines) is 1. The minimum Gasteiger partial charge on any atom is -0.497 e. The summed E-state index contributed by atoms with van der Waals surface area (Å²) in [5.74, 6) is -3.23. The van der Waals surface area contributed by atoms with Gasteiger partial charge in [0, 0.05) is 42.0 Å². The Kier molecular flexibility index (Phi) is 13.0. The van der Waals surface area contributed by atoms with E-state index in [-0.39, 0.29) is 24.3 Å². The third-order valence-electron chi connectivity index (χ3n) is 10.9. The van der Waals surface area contributed by atoms with Gasteiger partial charge in [-0.25, -0.2) is 22.9 Å². The van der Waals surface area contributed by atoms with Crippen LogP contribution in [-0.4, -0.2) is 97.1 Å². The maximum atomic E-state index is 14.5. The van der Waals surface area contributed by atoms with Crippen molar-refractivity contribution in [3.63, 3.8) is 0 Å². The fourth-order valence-corrected chi connectivity index (χ4v) is 8.82. The number of rotatable bonds is 16. The second-order valence-corrected chi connectivity index (χ2v) is 17.1. The first-order valence-electron chi connectivity index (χ1n) is 19.8. The molecule has 1 aliphatic heterocycles. The third-order valence-corrected chi connectivity index (χ3v) is 12.7. The Balaban J connectivity index is 1.20. The predicted molar refractivity (Wildman–Crippen MR) is 232 cm³/mol. The molecule has 326 valence electrons. The number of halogens is 1. The molecule has 1 saturated heterocycles. The molecule has 0 radical (unpaired) electrons. The average molecular weight is 895 g/mol. The SMILES string of the molecule is C=C[C@@H]1C[C@]1(NC(=O)[C@@H]1C[C@@H](Oc2cc(-c3ccccc3)nc3cc(OC)ccc23)CN1C(=O)[C@H](CNC(=O)C(Cl)c1ccccc1)NC(=O)O)C(=O)NS(=O)(=O)c1ccccc1. The molecule has 5 amide bonds. The molecule has 1 saturated carbocycles. The van der Waals surface area contributed by atoms with Gasteiger partial charge in [0.05, 0.1) is 29.8 Å². The lowest BCUT2D eigenvalue weighted by molar-refractivity contribution is -0.141. The van der Waals surface area contributed by atoms with E-state index in [2.05, 4.69) is 27.3 Å². The number of carboxylic acid groups (broad SMARTS) is 1. The minimum atomic E-state index is -4.35. The van der Waals surface area contributed by atoms with Crippen LogP contribution in [0.5, 0.6) is 11.5 Å². The number of fused-ring (bicyclic) bond motifs is 1. The van der Waals surface area contributed by atoms with Gasteiger partial charge < -0.3 is 35.4 Å². The lowest BCUT2D eigenvalue weighted by Crippen LogP contribution is -2.59. The normalized spacial score (nSPS) is 20.1. The number of ether oxygens (including phenoxy) is 2. The maximum Gasteiger partial charge on any atom is 0.405 e. The molecule has 0 bridgehead atoms. The van der Waals surface area contributed by atoms with E-state index in [9.17, 15) is 37.5 Å². The fraction of sp³-hybridized carbons (Fsp3) is 0.244. The zero-order valence-electron chi connectivity index (χ0n) is 33.8. The van der Waals surface area contributed by atoms with Crippen LogP contribution in [0.2, 0.25) is 0 Å². The van der Waals surface area contributed by atoms with E-state index in [1.54, 1.807) is 60.7 Å². The summed E-state index contributed by atoms with van der Waals surface area (Å²) < 4.78 is 40.6. The third kappa shape index (κ3) is 9.74. The summed E-state index contributed by atoms with van der Waals surface area (Å²) >= 11 is 6.41. The Morgan fingerprint density at radius 2 is 1.63 bits per heavy atom. The van der Waals surface area contributed by atoms with Crippen molar-refractivity contribution in [2.75, 3.05) is 20.2 Å². The van der Waals surface area contributed by atoms with Crippen LogP contribution in [-0.2, 0) is 29.2 Å². The van der Waals surface area contributed by atoms with Gasteiger partial charge in [-0.3, -0.25) is 19.2 Å². The number of hydrogen-bond donors (Lipinski definition) is 5. The van der Waals surface area contributed by atoms with Crippen molar-refractivity contribution in [2.45, 2.75) is 46.8 Å².